The van der Waals surface area contributed by atoms with Gasteiger partial charge in [-0.05, 0) is 43.0 Å². The number of hydrogen-bond acceptors (Lipinski definition) is 5. The van der Waals surface area contributed by atoms with Crippen molar-refractivity contribution in [2.24, 2.45) is 0 Å². The highest BCUT2D eigenvalue weighted by Gasteiger charge is 2.39. The van der Waals surface area contributed by atoms with Crippen LogP contribution in [0.3, 0.4) is 0 Å². The van der Waals surface area contributed by atoms with E-state index in [4.69, 9.17) is 4.74 Å². The maximum Gasteiger partial charge on any atom is 0.331 e. The van der Waals surface area contributed by atoms with Gasteiger partial charge in [0.15, 0.2) is 16.4 Å². The Morgan fingerprint density at radius 3 is 2.39 bits per heavy atom. The minimum absolute atomic E-state index is 0.0132. The van der Waals surface area contributed by atoms with Gasteiger partial charge in [-0.25, -0.2) is 17.6 Å². The van der Waals surface area contributed by atoms with Crippen LogP contribution in [0.15, 0.2) is 30.3 Å². The number of hydrogen-bond donors (Lipinski definition) is 0. The zero-order valence-corrected chi connectivity index (χ0v) is 16.4. The van der Waals surface area contributed by atoms with Gasteiger partial charge in [0.25, 0.3) is 5.91 Å². The third-order valence-corrected chi connectivity index (χ3v) is 6.98. The van der Waals surface area contributed by atoms with Gasteiger partial charge in [0.1, 0.15) is 5.82 Å². The summed E-state index contributed by atoms with van der Waals surface area (Å²) in [6.07, 6.45) is 6.80. The summed E-state index contributed by atoms with van der Waals surface area (Å²) in [4.78, 5) is 26.3. The fourth-order valence-corrected chi connectivity index (χ4v) is 5.59. The Balaban J connectivity index is 1.58. The average molecular weight is 409 g/mol. The molecule has 1 heterocycles. The summed E-state index contributed by atoms with van der Waals surface area (Å²) in [5.41, 5.74) is 0.633. The first-order chi connectivity index (χ1) is 13.3. The molecule has 0 radical (unpaired) electrons. The number of nitrogens with zero attached hydrogens (tertiary/aromatic N) is 1. The largest absolute Gasteiger partial charge is 0.452 e. The first kappa shape index (κ1) is 20.5. The molecule has 8 heteroatoms. The molecule has 152 valence electrons. The summed E-state index contributed by atoms with van der Waals surface area (Å²) in [7, 11) is -3.12. The summed E-state index contributed by atoms with van der Waals surface area (Å²) < 4.78 is 41.6. The van der Waals surface area contributed by atoms with Crippen molar-refractivity contribution in [3.05, 3.63) is 41.7 Å². The lowest BCUT2D eigenvalue weighted by atomic mass is 10.1. The molecule has 0 spiro atoms. The number of rotatable bonds is 6. The molecule has 1 saturated carbocycles. The molecule has 1 saturated heterocycles. The van der Waals surface area contributed by atoms with Crippen LogP contribution in [-0.4, -0.2) is 55.4 Å². The normalized spacial score (nSPS) is 21.8. The number of sulfone groups is 1. The van der Waals surface area contributed by atoms with Crippen LogP contribution in [0.4, 0.5) is 4.39 Å². The zero-order chi connectivity index (χ0) is 20.1. The van der Waals surface area contributed by atoms with Crippen molar-refractivity contribution in [1.29, 1.82) is 0 Å². The lowest BCUT2D eigenvalue weighted by Crippen LogP contribution is -2.48. The van der Waals surface area contributed by atoms with E-state index in [2.05, 4.69) is 0 Å². The standard InChI is InChI=1S/C20H24FNO5S/c21-16-8-5-15(6-9-16)7-10-20(24)27-13-19(23)22(17-3-1-2-4-17)18-11-12-28(25,26)14-18/h5-10,17-18H,1-4,11-14H2/b10-7+/t18-/m0/s1. The van der Waals surface area contributed by atoms with Crippen molar-refractivity contribution < 1.29 is 27.1 Å². The smallest absolute Gasteiger partial charge is 0.331 e. The summed E-state index contributed by atoms with van der Waals surface area (Å²) in [5.74, 6) is -1.32. The Kier molecular flexibility index (Phi) is 6.49. The van der Waals surface area contributed by atoms with Gasteiger partial charge in [0.2, 0.25) is 0 Å². The monoisotopic (exact) mass is 409 g/mol. The van der Waals surface area contributed by atoms with Gasteiger partial charge in [0, 0.05) is 18.2 Å². The number of esters is 1. The van der Waals surface area contributed by atoms with Gasteiger partial charge in [-0.2, -0.15) is 0 Å². The molecule has 2 aliphatic rings. The average Bonchev–Trinajstić information content (AvgIpc) is 3.30. The van der Waals surface area contributed by atoms with Crippen molar-refractivity contribution in [2.75, 3.05) is 18.1 Å². The molecule has 1 atom stereocenters. The van der Waals surface area contributed by atoms with Crippen LogP contribution in [0.25, 0.3) is 6.08 Å². The van der Waals surface area contributed by atoms with Gasteiger partial charge in [0.05, 0.1) is 11.5 Å². The van der Waals surface area contributed by atoms with Crippen molar-refractivity contribution in [2.45, 2.75) is 44.2 Å². The van der Waals surface area contributed by atoms with Crippen molar-refractivity contribution in [3.8, 4) is 0 Å². The second-order valence-electron chi connectivity index (χ2n) is 7.29. The van der Waals surface area contributed by atoms with Crippen LogP contribution in [0.5, 0.6) is 0 Å². The Morgan fingerprint density at radius 1 is 1.11 bits per heavy atom. The molecule has 6 nitrogen and oxygen atoms in total. The Hall–Kier alpha value is -2.22. The molecule has 28 heavy (non-hydrogen) atoms. The lowest BCUT2D eigenvalue weighted by Gasteiger charge is -2.33. The van der Waals surface area contributed by atoms with Gasteiger partial charge >= 0.3 is 5.97 Å². The fourth-order valence-electron chi connectivity index (χ4n) is 3.88. The van der Waals surface area contributed by atoms with Crippen molar-refractivity contribution in [3.63, 3.8) is 0 Å². The second-order valence-corrected chi connectivity index (χ2v) is 9.52. The summed E-state index contributed by atoms with van der Waals surface area (Å²) >= 11 is 0. The van der Waals surface area contributed by atoms with E-state index in [0.717, 1.165) is 25.7 Å². The summed E-state index contributed by atoms with van der Waals surface area (Å²) in [5, 5.41) is 0. The number of ether oxygens (including phenoxy) is 1. The molecule has 1 aliphatic carbocycles. The van der Waals surface area contributed by atoms with Crippen molar-refractivity contribution >= 4 is 27.8 Å². The highest BCUT2D eigenvalue weighted by atomic mass is 32.2. The molecule has 3 rings (SSSR count). The fraction of sp³-hybridized carbons (Fsp3) is 0.500. The van der Waals surface area contributed by atoms with E-state index in [0.29, 0.717) is 12.0 Å². The number of carbonyl (C=O) groups excluding carboxylic acids is 2. The highest BCUT2D eigenvalue weighted by Crippen LogP contribution is 2.29. The van der Waals surface area contributed by atoms with E-state index in [1.165, 1.54) is 36.4 Å². The third kappa shape index (κ3) is 5.41. The predicted molar refractivity (Wildman–Crippen MR) is 103 cm³/mol. The van der Waals surface area contributed by atoms with Crippen LogP contribution < -0.4 is 0 Å². The molecule has 1 aliphatic heterocycles. The molecule has 2 fully saturated rings. The number of halogens is 1. The van der Waals surface area contributed by atoms with E-state index in [1.807, 2.05) is 0 Å². The highest BCUT2D eigenvalue weighted by molar-refractivity contribution is 7.91. The minimum atomic E-state index is -3.12. The van der Waals surface area contributed by atoms with Gasteiger partial charge in [-0.15, -0.1) is 0 Å². The summed E-state index contributed by atoms with van der Waals surface area (Å²) in [6.45, 7) is -0.417. The summed E-state index contributed by atoms with van der Waals surface area (Å²) in [6, 6.07) is 5.28. The molecule has 1 amide bonds. The SMILES string of the molecule is O=C(/C=C/c1ccc(F)cc1)OCC(=O)N(C1CCCC1)[C@H]1CCS(=O)(=O)C1. The first-order valence-corrected chi connectivity index (χ1v) is 11.3. The van der Waals surface area contributed by atoms with Crippen molar-refractivity contribution in [1.82, 2.24) is 4.90 Å². The second kappa shape index (κ2) is 8.86. The third-order valence-electron chi connectivity index (χ3n) is 5.23. The van der Waals surface area contributed by atoms with E-state index in [1.54, 1.807) is 4.90 Å². The van der Waals surface area contributed by atoms with Crippen LogP contribution in [0.1, 0.15) is 37.7 Å². The number of amides is 1. The molecule has 0 bridgehead atoms. The topological polar surface area (TPSA) is 80.8 Å². The van der Waals surface area contributed by atoms with Crippen LogP contribution in [0.2, 0.25) is 0 Å². The Bertz CT molecular complexity index is 844. The molecular formula is C20H24FNO5S. The quantitative estimate of drug-likeness (QED) is 0.532. The number of benzene rings is 1. The molecular weight excluding hydrogens is 385 g/mol. The Labute approximate surface area is 164 Å². The predicted octanol–water partition coefficient (Wildman–Crippen LogP) is 2.34. The first-order valence-electron chi connectivity index (χ1n) is 9.46. The van der Waals surface area contributed by atoms with E-state index < -0.39 is 22.4 Å². The minimum Gasteiger partial charge on any atom is -0.452 e. The maximum absolute atomic E-state index is 12.9. The van der Waals surface area contributed by atoms with Gasteiger partial charge < -0.3 is 9.64 Å². The molecule has 0 unspecified atom stereocenters. The molecule has 0 aromatic heterocycles. The van der Waals surface area contributed by atoms with E-state index >= 15 is 0 Å². The van der Waals surface area contributed by atoms with E-state index in [-0.39, 0.29) is 35.3 Å². The maximum atomic E-state index is 12.9. The number of carbonyl (C=O) groups is 2. The lowest BCUT2D eigenvalue weighted by molar-refractivity contribution is -0.150. The zero-order valence-electron chi connectivity index (χ0n) is 15.6. The molecule has 0 N–H and O–H groups in total. The van der Waals surface area contributed by atoms with Gasteiger partial charge in [-0.3, -0.25) is 4.79 Å². The molecule has 1 aromatic rings. The van der Waals surface area contributed by atoms with E-state index in [9.17, 15) is 22.4 Å². The van der Waals surface area contributed by atoms with Crippen LogP contribution in [-0.2, 0) is 24.2 Å². The Morgan fingerprint density at radius 2 is 1.79 bits per heavy atom. The molecule has 1 aromatic carbocycles. The van der Waals surface area contributed by atoms with Gasteiger partial charge in [-0.1, -0.05) is 25.0 Å². The van der Waals surface area contributed by atoms with Crippen LogP contribution >= 0.6 is 0 Å². The van der Waals surface area contributed by atoms with Crippen LogP contribution in [0, 0.1) is 5.82 Å².